The molecule has 2 fully saturated rings. The van der Waals surface area contributed by atoms with Crippen LogP contribution >= 0.6 is 0 Å². The van der Waals surface area contributed by atoms with Crippen LogP contribution in [0.3, 0.4) is 0 Å². The molecule has 1 N–H and O–H groups in total. The van der Waals surface area contributed by atoms with Crippen molar-refractivity contribution in [1.29, 1.82) is 5.26 Å². The smallest absolute Gasteiger partial charge is 0.419 e. The van der Waals surface area contributed by atoms with Crippen molar-refractivity contribution in [3.63, 3.8) is 0 Å². The Bertz CT molecular complexity index is 1250. The van der Waals surface area contributed by atoms with Crippen LogP contribution in [0.25, 0.3) is 22.3 Å². The molecule has 2 aliphatic heterocycles. The molecule has 0 amide bonds. The van der Waals surface area contributed by atoms with Crippen molar-refractivity contribution in [3.05, 3.63) is 41.9 Å². The van der Waals surface area contributed by atoms with Gasteiger partial charge in [0.05, 0.1) is 24.5 Å². The highest BCUT2D eigenvalue weighted by molar-refractivity contribution is 5.91. The minimum absolute atomic E-state index is 0.0871. The number of fused-ring (bicyclic) bond motifs is 1. The molecule has 5 rings (SSSR count). The molecule has 0 bridgehead atoms. The van der Waals surface area contributed by atoms with Crippen molar-refractivity contribution in [2.75, 3.05) is 32.9 Å². The maximum atomic E-state index is 14.0. The van der Waals surface area contributed by atoms with E-state index in [4.69, 9.17) is 9.47 Å². The lowest BCUT2D eigenvalue weighted by atomic mass is 9.95. The Hall–Kier alpha value is -3.16. The van der Waals surface area contributed by atoms with Crippen LogP contribution < -0.4 is 10.1 Å². The Balaban J connectivity index is 1.45. The topological polar surface area (TPSA) is 85.0 Å². The molecular formula is C26H28F3N5O2. The van der Waals surface area contributed by atoms with Gasteiger partial charge in [-0.2, -0.15) is 18.4 Å². The second-order valence-corrected chi connectivity index (χ2v) is 9.48. The van der Waals surface area contributed by atoms with Gasteiger partial charge in [0.1, 0.15) is 17.5 Å². The van der Waals surface area contributed by atoms with Crippen LogP contribution in [0.15, 0.2) is 30.5 Å². The molecule has 0 aliphatic carbocycles. The molecule has 0 saturated carbocycles. The standard InChI is InChI=1S/C26H28F3N5O2/c27-26(28,29)21-13-19(1-2-22(21)36-12-7-17-3-8-31-9-4-17)24-20-5-10-34(15-18-6-11-35-16-18)25(20)33-23(14-30)32-24/h1-2,5,10,13,17-18,31H,3-4,6-9,11-12,15-16H2. The zero-order valence-corrected chi connectivity index (χ0v) is 19.9. The maximum absolute atomic E-state index is 14.0. The predicted molar refractivity (Wildman–Crippen MR) is 127 cm³/mol. The first-order chi connectivity index (χ1) is 17.4. The summed E-state index contributed by atoms with van der Waals surface area (Å²) in [5, 5.41) is 13.4. The van der Waals surface area contributed by atoms with Crippen LogP contribution in [0, 0.1) is 23.2 Å². The Morgan fingerprint density at radius 3 is 2.69 bits per heavy atom. The van der Waals surface area contributed by atoms with Gasteiger partial charge in [-0.15, -0.1) is 0 Å². The molecule has 0 spiro atoms. The van der Waals surface area contributed by atoms with Gasteiger partial charge in [-0.1, -0.05) is 0 Å². The molecular weight excluding hydrogens is 471 g/mol. The number of hydrogen-bond acceptors (Lipinski definition) is 6. The van der Waals surface area contributed by atoms with Gasteiger partial charge in [0, 0.05) is 36.2 Å². The fraction of sp³-hybridized carbons (Fsp3) is 0.500. The summed E-state index contributed by atoms with van der Waals surface area (Å²) in [5.74, 6) is 0.502. The monoisotopic (exact) mass is 499 g/mol. The summed E-state index contributed by atoms with van der Waals surface area (Å²) in [7, 11) is 0. The first-order valence-electron chi connectivity index (χ1n) is 12.3. The third kappa shape index (κ3) is 5.32. The SMILES string of the molecule is N#Cc1nc(-c2ccc(OCCC3CCNCC3)c(C(F)(F)F)c2)c2ccn(CC3CCOC3)c2n1. The second-order valence-electron chi connectivity index (χ2n) is 9.48. The number of rotatable bonds is 7. The van der Waals surface area contributed by atoms with Crippen LogP contribution in [0.5, 0.6) is 5.75 Å². The van der Waals surface area contributed by atoms with Gasteiger partial charge >= 0.3 is 6.18 Å². The summed E-state index contributed by atoms with van der Waals surface area (Å²) in [6.45, 7) is 4.11. The van der Waals surface area contributed by atoms with Gasteiger partial charge < -0.3 is 19.4 Å². The molecule has 2 saturated heterocycles. The number of nitrogens with one attached hydrogen (secondary N) is 1. The minimum atomic E-state index is -4.60. The highest BCUT2D eigenvalue weighted by Gasteiger charge is 2.35. The maximum Gasteiger partial charge on any atom is 0.419 e. The van der Waals surface area contributed by atoms with Gasteiger partial charge in [0.2, 0.25) is 5.82 Å². The van der Waals surface area contributed by atoms with E-state index in [-0.39, 0.29) is 23.7 Å². The highest BCUT2D eigenvalue weighted by atomic mass is 19.4. The molecule has 190 valence electrons. The number of ether oxygens (including phenoxy) is 2. The number of halogens is 3. The normalized spacial score (nSPS) is 19.0. The van der Waals surface area contributed by atoms with E-state index >= 15 is 0 Å². The highest BCUT2D eigenvalue weighted by Crippen LogP contribution is 2.40. The summed E-state index contributed by atoms with van der Waals surface area (Å²) in [6.07, 6.45) is 0.901. The Morgan fingerprint density at radius 2 is 1.97 bits per heavy atom. The molecule has 3 aromatic rings. The number of nitrogens with zero attached hydrogens (tertiary/aromatic N) is 4. The van der Waals surface area contributed by atoms with Crippen LogP contribution in [0.1, 0.15) is 37.1 Å². The third-order valence-corrected chi connectivity index (χ3v) is 7.00. The average Bonchev–Trinajstić information content (AvgIpc) is 3.54. The first-order valence-corrected chi connectivity index (χ1v) is 12.3. The van der Waals surface area contributed by atoms with Gasteiger partial charge in [-0.25, -0.2) is 9.97 Å². The van der Waals surface area contributed by atoms with Crippen molar-refractivity contribution in [2.24, 2.45) is 11.8 Å². The average molecular weight is 500 g/mol. The first kappa shape index (κ1) is 24.5. The molecule has 2 aliphatic rings. The van der Waals surface area contributed by atoms with E-state index in [1.807, 2.05) is 16.8 Å². The Kier molecular flexibility index (Phi) is 7.12. The van der Waals surface area contributed by atoms with Crippen molar-refractivity contribution in [3.8, 4) is 23.1 Å². The fourth-order valence-corrected chi connectivity index (χ4v) is 5.02. The van der Waals surface area contributed by atoms with Crippen molar-refractivity contribution < 1.29 is 22.6 Å². The summed E-state index contributed by atoms with van der Waals surface area (Å²) in [6, 6.07) is 7.72. The Morgan fingerprint density at radius 1 is 1.14 bits per heavy atom. The van der Waals surface area contributed by atoms with E-state index in [2.05, 4.69) is 15.3 Å². The minimum Gasteiger partial charge on any atom is -0.493 e. The number of benzene rings is 1. The van der Waals surface area contributed by atoms with Crippen LogP contribution in [0.4, 0.5) is 13.2 Å². The van der Waals surface area contributed by atoms with Gasteiger partial charge in [0.15, 0.2) is 0 Å². The molecule has 4 heterocycles. The second kappa shape index (κ2) is 10.4. The van der Waals surface area contributed by atoms with E-state index in [1.165, 1.54) is 6.07 Å². The third-order valence-electron chi connectivity index (χ3n) is 7.00. The quantitative estimate of drug-likeness (QED) is 0.503. The number of nitriles is 1. The summed E-state index contributed by atoms with van der Waals surface area (Å²) >= 11 is 0. The van der Waals surface area contributed by atoms with Crippen LogP contribution in [-0.4, -0.2) is 47.4 Å². The molecule has 2 aromatic heterocycles. The van der Waals surface area contributed by atoms with Crippen molar-refractivity contribution in [1.82, 2.24) is 19.9 Å². The Labute approximate surface area is 207 Å². The van der Waals surface area contributed by atoms with Gasteiger partial charge in [-0.3, -0.25) is 0 Å². The van der Waals surface area contributed by atoms with Crippen LogP contribution in [0.2, 0.25) is 0 Å². The number of aromatic nitrogens is 3. The van der Waals surface area contributed by atoms with Crippen LogP contribution in [-0.2, 0) is 17.5 Å². The lowest BCUT2D eigenvalue weighted by Crippen LogP contribution is -2.28. The van der Waals surface area contributed by atoms with Crippen molar-refractivity contribution >= 4 is 11.0 Å². The molecule has 1 unspecified atom stereocenters. The van der Waals surface area contributed by atoms with E-state index < -0.39 is 11.7 Å². The zero-order chi connectivity index (χ0) is 25.1. The molecule has 36 heavy (non-hydrogen) atoms. The fourth-order valence-electron chi connectivity index (χ4n) is 5.02. The molecule has 10 heteroatoms. The van der Waals surface area contributed by atoms with Gasteiger partial charge in [0.25, 0.3) is 0 Å². The molecule has 0 radical (unpaired) electrons. The number of alkyl halides is 3. The molecule has 1 atom stereocenters. The number of hydrogen-bond donors (Lipinski definition) is 1. The lowest BCUT2D eigenvalue weighted by molar-refractivity contribution is -0.138. The molecule has 7 nitrogen and oxygen atoms in total. The van der Waals surface area contributed by atoms with E-state index in [0.29, 0.717) is 48.3 Å². The zero-order valence-electron chi connectivity index (χ0n) is 19.9. The van der Waals surface area contributed by atoms with E-state index in [9.17, 15) is 18.4 Å². The van der Waals surface area contributed by atoms with E-state index in [1.54, 1.807) is 12.1 Å². The number of piperidine rings is 1. The summed E-state index contributed by atoms with van der Waals surface area (Å²) in [4.78, 5) is 8.64. The lowest BCUT2D eigenvalue weighted by Gasteiger charge is -2.23. The molecule has 1 aromatic carbocycles. The summed E-state index contributed by atoms with van der Waals surface area (Å²) in [5.41, 5.74) is 0.237. The predicted octanol–water partition coefficient (Wildman–Crippen LogP) is 4.79. The summed E-state index contributed by atoms with van der Waals surface area (Å²) < 4.78 is 55.1. The van der Waals surface area contributed by atoms with E-state index in [0.717, 1.165) is 44.8 Å². The van der Waals surface area contributed by atoms with Crippen molar-refractivity contribution in [2.45, 2.75) is 38.4 Å². The van der Waals surface area contributed by atoms with Gasteiger partial charge in [-0.05, 0) is 69.0 Å². The largest absolute Gasteiger partial charge is 0.493 e.